The van der Waals surface area contributed by atoms with Gasteiger partial charge in [0.25, 0.3) is 0 Å². The Morgan fingerprint density at radius 2 is 2.15 bits per heavy atom. The zero-order valence-corrected chi connectivity index (χ0v) is 15.5. The summed E-state index contributed by atoms with van der Waals surface area (Å²) < 4.78 is 18.4. The molecule has 1 saturated heterocycles. The maximum atomic E-state index is 12.1. The van der Waals surface area contributed by atoms with Crippen LogP contribution in [0.4, 0.5) is 0 Å². The summed E-state index contributed by atoms with van der Waals surface area (Å²) in [5, 5.41) is 12.0. The van der Waals surface area contributed by atoms with E-state index in [0.29, 0.717) is 29.8 Å². The lowest BCUT2D eigenvalue weighted by Crippen LogP contribution is -2.24. The van der Waals surface area contributed by atoms with Crippen LogP contribution in [-0.4, -0.2) is 39.1 Å². The normalized spacial score (nSPS) is 16.7. The summed E-state index contributed by atoms with van der Waals surface area (Å²) in [5.41, 5.74) is 0. The highest BCUT2D eigenvalue weighted by molar-refractivity contribution is 7.99. The molecule has 0 saturated carbocycles. The Bertz CT molecular complexity index is 854. The third-order valence-corrected chi connectivity index (χ3v) is 5.21. The third kappa shape index (κ3) is 4.42. The Morgan fingerprint density at radius 1 is 1.26 bits per heavy atom. The minimum absolute atomic E-state index is 0.0948. The summed E-state index contributed by atoms with van der Waals surface area (Å²) in [7, 11) is 0. The lowest BCUT2D eigenvalue weighted by Gasteiger charge is -2.13. The highest BCUT2D eigenvalue weighted by Crippen LogP contribution is 2.26. The molecule has 1 aliphatic rings. The van der Waals surface area contributed by atoms with Gasteiger partial charge in [0.05, 0.1) is 37.5 Å². The van der Waals surface area contributed by atoms with Gasteiger partial charge < -0.3 is 18.9 Å². The highest BCUT2D eigenvalue weighted by Gasteiger charge is 2.23. The summed E-state index contributed by atoms with van der Waals surface area (Å²) in [6.45, 7) is 1.78. The third-order valence-electron chi connectivity index (χ3n) is 4.24. The molecule has 0 bridgehead atoms. The summed E-state index contributed by atoms with van der Waals surface area (Å²) in [5.74, 6) is 2.16. The van der Waals surface area contributed by atoms with Crippen LogP contribution in [-0.2, 0) is 22.6 Å². The molecule has 0 aliphatic carbocycles. The molecule has 0 radical (unpaired) electrons. The van der Waals surface area contributed by atoms with E-state index in [4.69, 9.17) is 13.6 Å². The number of hydrogen-bond acceptors (Lipinski definition) is 7. The van der Waals surface area contributed by atoms with Crippen molar-refractivity contribution >= 4 is 17.7 Å². The van der Waals surface area contributed by atoms with Crippen LogP contribution in [0, 0.1) is 0 Å². The van der Waals surface area contributed by atoms with E-state index in [1.54, 1.807) is 18.6 Å². The van der Waals surface area contributed by atoms with Crippen molar-refractivity contribution in [2.75, 3.05) is 12.4 Å². The van der Waals surface area contributed by atoms with Crippen LogP contribution in [0.5, 0.6) is 0 Å². The molecule has 142 valence electrons. The minimum Gasteiger partial charge on any atom is -0.467 e. The Labute approximate surface area is 160 Å². The quantitative estimate of drug-likeness (QED) is 0.593. The first kappa shape index (κ1) is 17.9. The van der Waals surface area contributed by atoms with E-state index in [0.717, 1.165) is 25.2 Å². The number of hydrogen-bond donors (Lipinski definition) is 1. The Morgan fingerprint density at radius 3 is 2.89 bits per heavy atom. The number of thioether (sulfide) groups is 1. The summed E-state index contributed by atoms with van der Waals surface area (Å²) in [4.78, 5) is 12.1. The fourth-order valence-corrected chi connectivity index (χ4v) is 3.70. The number of carbonyl (C=O) groups excluding carboxylic acids is 1. The van der Waals surface area contributed by atoms with E-state index in [1.807, 2.05) is 22.8 Å². The molecular weight excluding hydrogens is 368 g/mol. The largest absolute Gasteiger partial charge is 0.467 e. The van der Waals surface area contributed by atoms with Gasteiger partial charge in [0, 0.05) is 6.61 Å². The monoisotopic (exact) mass is 388 g/mol. The molecule has 1 amide bonds. The molecule has 1 atom stereocenters. The first-order chi connectivity index (χ1) is 13.3. The van der Waals surface area contributed by atoms with Gasteiger partial charge in [-0.3, -0.25) is 9.36 Å². The standard InChI is InChI=1S/C18H20N4O4S/c23-16(19-10-13-4-1-7-24-13)12-27-18-21-20-17(15-6-3-9-26-15)22(18)11-14-5-2-8-25-14/h1,3-4,6-7,9,14H,2,5,8,10-12H2,(H,19,23). The van der Waals surface area contributed by atoms with E-state index < -0.39 is 0 Å². The maximum Gasteiger partial charge on any atom is 0.230 e. The van der Waals surface area contributed by atoms with E-state index in [2.05, 4.69) is 15.5 Å². The molecule has 27 heavy (non-hydrogen) atoms. The molecule has 4 rings (SSSR count). The number of amides is 1. The van der Waals surface area contributed by atoms with E-state index in [9.17, 15) is 4.79 Å². The second-order valence-electron chi connectivity index (χ2n) is 6.17. The van der Waals surface area contributed by atoms with Gasteiger partial charge in [0.15, 0.2) is 10.9 Å². The maximum absolute atomic E-state index is 12.1. The van der Waals surface area contributed by atoms with Crippen LogP contribution >= 0.6 is 11.8 Å². The van der Waals surface area contributed by atoms with Gasteiger partial charge >= 0.3 is 0 Å². The molecule has 4 heterocycles. The second kappa shape index (κ2) is 8.45. The molecule has 3 aromatic heterocycles. The Hall–Kier alpha value is -2.52. The average molecular weight is 388 g/mol. The molecule has 1 unspecified atom stereocenters. The second-order valence-corrected chi connectivity index (χ2v) is 7.12. The van der Waals surface area contributed by atoms with Gasteiger partial charge in [-0.25, -0.2) is 0 Å². The van der Waals surface area contributed by atoms with Crippen molar-refractivity contribution in [1.82, 2.24) is 20.1 Å². The van der Waals surface area contributed by atoms with Crippen molar-refractivity contribution in [2.45, 2.75) is 37.2 Å². The summed E-state index contributed by atoms with van der Waals surface area (Å²) in [6.07, 6.45) is 5.38. The van der Waals surface area contributed by atoms with Crippen LogP contribution in [0.15, 0.2) is 50.8 Å². The van der Waals surface area contributed by atoms with E-state index in [-0.39, 0.29) is 17.8 Å². The molecular formula is C18H20N4O4S. The van der Waals surface area contributed by atoms with Crippen molar-refractivity contribution in [2.24, 2.45) is 0 Å². The smallest absolute Gasteiger partial charge is 0.230 e. The molecule has 1 N–H and O–H groups in total. The van der Waals surface area contributed by atoms with Crippen molar-refractivity contribution in [3.63, 3.8) is 0 Å². The van der Waals surface area contributed by atoms with Gasteiger partial charge in [0.1, 0.15) is 5.76 Å². The number of ether oxygens (including phenoxy) is 1. The molecule has 9 heteroatoms. The molecule has 1 aliphatic heterocycles. The SMILES string of the molecule is O=C(CSc1nnc(-c2ccco2)n1CC1CCCO1)NCc1ccco1. The van der Waals surface area contributed by atoms with Gasteiger partial charge in [0.2, 0.25) is 11.7 Å². The zero-order chi connectivity index (χ0) is 18.5. The van der Waals surface area contributed by atoms with Gasteiger partial charge in [-0.1, -0.05) is 11.8 Å². The lowest BCUT2D eigenvalue weighted by molar-refractivity contribution is -0.118. The first-order valence-electron chi connectivity index (χ1n) is 8.80. The number of rotatable bonds is 8. The number of carbonyl (C=O) groups is 1. The van der Waals surface area contributed by atoms with Crippen molar-refractivity contribution in [1.29, 1.82) is 0 Å². The van der Waals surface area contributed by atoms with Crippen molar-refractivity contribution in [3.05, 3.63) is 42.6 Å². The summed E-state index contributed by atoms with van der Waals surface area (Å²) >= 11 is 1.34. The molecule has 0 spiro atoms. The average Bonchev–Trinajstić information content (AvgIpc) is 3.47. The number of nitrogens with zero attached hydrogens (tertiary/aromatic N) is 3. The number of aromatic nitrogens is 3. The molecule has 8 nitrogen and oxygen atoms in total. The van der Waals surface area contributed by atoms with Crippen molar-refractivity contribution < 1.29 is 18.4 Å². The van der Waals surface area contributed by atoms with Crippen LogP contribution in [0.1, 0.15) is 18.6 Å². The van der Waals surface area contributed by atoms with Crippen LogP contribution in [0.2, 0.25) is 0 Å². The fraction of sp³-hybridized carbons (Fsp3) is 0.389. The minimum atomic E-state index is -0.0948. The highest BCUT2D eigenvalue weighted by atomic mass is 32.2. The molecule has 1 fully saturated rings. The van der Waals surface area contributed by atoms with Gasteiger partial charge in [-0.2, -0.15) is 0 Å². The fourth-order valence-electron chi connectivity index (χ4n) is 2.92. The number of nitrogens with one attached hydrogen (secondary N) is 1. The Balaban J connectivity index is 1.42. The predicted octanol–water partition coefficient (Wildman–Crippen LogP) is 2.72. The van der Waals surface area contributed by atoms with Gasteiger partial charge in [-0.05, 0) is 37.1 Å². The van der Waals surface area contributed by atoms with E-state index >= 15 is 0 Å². The summed E-state index contributed by atoms with van der Waals surface area (Å²) in [6, 6.07) is 7.27. The Kier molecular flexibility index (Phi) is 5.59. The molecule has 0 aromatic carbocycles. The zero-order valence-electron chi connectivity index (χ0n) is 14.7. The lowest BCUT2D eigenvalue weighted by atomic mass is 10.2. The first-order valence-corrected chi connectivity index (χ1v) is 9.79. The van der Waals surface area contributed by atoms with Crippen molar-refractivity contribution in [3.8, 4) is 11.6 Å². The predicted molar refractivity (Wildman–Crippen MR) is 98.0 cm³/mol. The van der Waals surface area contributed by atoms with Crippen LogP contribution in [0.3, 0.4) is 0 Å². The topological polar surface area (TPSA) is 95.3 Å². The van der Waals surface area contributed by atoms with Crippen LogP contribution in [0.25, 0.3) is 11.6 Å². The van der Waals surface area contributed by atoms with E-state index in [1.165, 1.54) is 11.8 Å². The molecule has 3 aromatic rings. The van der Waals surface area contributed by atoms with Gasteiger partial charge in [-0.15, -0.1) is 10.2 Å². The number of furan rings is 2. The van der Waals surface area contributed by atoms with Crippen LogP contribution < -0.4 is 5.32 Å².